The van der Waals surface area contributed by atoms with E-state index in [1.165, 1.54) is 0 Å². The van der Waals surface area contributed by atoms with Crippen LogP contribution in [0.5, 0.6) is 0 Å². The molecular weight excluding hydrogens is 302 g/mol. The monoisotopic (exact) mass is 329 g/mol. The van der Waals surface area contributed by atoms with Crippen LogP contribution in [0.2, 0.25) is 0 Å². The van der Waals surface area contributed by atoms with Gasteiger partial charge in [0.1, 0.15) is 5.84 Å². The fourth-order valence-electron chi connectivity index (χ4n) is 1.95. The maximum absolute atomic E-state index is 12.1. The number of carbonyl (C=O) groups is 2. The summed E-state index contributed by atoms with van der Waals surface area (Å²) in [5.41, 5.74) is 1.45. The van der Waals surface area contributed by atoms with Gasteiger partial charge < -0.3 is 10.6 Å². The minimum Gasteiger partial charge on any atom is -0.322 e. The van der Waals surface area contributed by atoms with Crippen molar-refractivity contribution in [3.8, 4) is 0 Å². The minimum atomic E-state index is -0.553. The summed E-state index contributed by atoms with van der Waals surface area (Å²) >= 11 is 0. The van der Waals surface area contributed by atoms with Crippen LogP contribution in [0, 0.1) is 10.8 Å². The van der Waals surface area contributed by atoms with Gasteiger partial charge in [-0.15, -0.1) is 0 Å². The van der Waals surface area contributed by atoms with Crippen LogP contribution >= 0.6 is 0 Å². The van der Waals surface area contributed by atoms with Crippen molar-refractivity contribution in [3.05, 3.63) is 41.5 Å². The van der Waals surface area contributed by atoms with E-state index in [1.54, 1.807) is 45.0 Å². The lowest BCUT2D eigenvalue weighted by Crippen LogP contribution is -2.38. The number of rotatable bonds is 5. The fourth-order valence-corrected chi connectivity index (χ4v) is 1.95. The van der Waals surface area contributed by atoms with Gasteiger partial charge >= 0.3 is 0 Å². The maximum Gasteiger partial charge on any atom is 0.251 e. The molecule has 0 bridgehead atoms. The average Bonchev–Trinajstić information content (AvgIpc) is 2.52. The van der Waals surface area contributed by atoms with E-state index in [0.717, 1.165) is 12.0 Å². The van der Waals surface area contributed by atoms with Gasteiger partial charge in [-0.3, -0.25) is 15.0 Å². The van der Waals surface area contributed by atoms with Crippen LogP contribution in [0.25, 0.3) is 0 Å². The van der Waals surface area contributed by atoms with Gasteiger partial charge in [-0.05, 0) is 37.1 Å². The predicted octanol–water partition coefficient (Wildman–Crippen LogP) is 3.86. The SMILES string of the molecule is CC/C=C(\CC)C(=O)Nc1ccc(C(=N)NC(=O)C(C)(C)C)cc1. The largest absolute Gasteiger partial charge is 0.322 e. The number of allylic oxidation sites excluding steroid dienone is 1. The van der Waals surface area contributed by atoms with Gasteiger partial charge in [0.2, 0.25) is 5.91 Å². The fraction of sp³-hybridized carbons (Fsp3) is 0.421. The van der Waals surface area contributed by atoms with Crippen molar-refractivity contribution in [3.63, 3.8) is 0 Å². The standard InChI is InChI=1S/C19H27N3O2/c1-6-8-13(7-2)17(23)21-15-11-9-14(10-12-15)16(20)22-18(24)19(3,4)5/h8-12H,6-7H2,1-5H3,(H,21,23)(H2,20,22,24)/b13-8+. The summed E-state index contributed by atoms with van der Waals surface area (Å²) in [6.45, 7) is 9.33. The topological polar surface area (TPSA) is 82.1 Å². The van der Waals surface area contributed by atoms with E-state index < -0.39 is 5.41 Å². The average molecular weight is 329 g/mol. The highest BCUT2D eigenvalue weighted by molar-refractivity contribution is 6.08. The zero-order valence-corrected chi connectivity index (χ0v) is 15.1. The number of carbonyl (C=O) groups excluding carboxylic acids is 2. The molecule has 0 aliphatic carbocycles. The zero-order valence-electron chi connectivity index (χ0n) is 15.1. The summed E-state index contributed by atoms with van der Waals surface area (Å²) < 4.78 is 0. The molecule has 1 rings (SSSR count). The molecule has 0 spiro atoms. The van der Waals surface area contributed by atoms with E-state index in [2.05, 4.69) is 10.6 Å². The van der Waals surface area contributed by atoms with Crippen molar-refractivity contribution in [2.75, 3.05) is 5.32 Å². The molecular formula is C19H27N3O2. The Kier molecular flexibility index (Phi) is 6.89. The molecule has 0 radical (unpaired) electrons. The number of benzene rings is 1. The Bertz CT molecular complexity index is 638. The molecule has 1 aromatic carbocycles. The third-order valence-electron chi connectivity index (χ3n) is 3.47. The van der Waals surface area contributed by atoms with E-state index >= 15 is 0 Å². The lowest BCUT2D eigenvalue weighted by molar-refractivity contribution is -0.127. The molecule has 0 unspecified atom stereocenters. The Balaban J connectivity index is 2.76. The van der Waals surface area contributed by atoms with Gasteiger partial charge in [0.05, 0.1) is 0 Å². The van der Waals surface area contributed by atoms with Crippen molar-refractivity contribution in [2.45, 2.75) is 47.5 Å². The molecule has 5 heteroatoms. The summed E-state index contributed by atoms with van der Waals surface area (Å²) in [6.07, 6.45) is 3.42. The van der Waals surface area contributed by atoms with Crippen LogP contribution in [-0.4, -0.2) is 17.6 Å². The Morgan fingerprint density at radius 3 is 2.17 bits per heavy atom. The lowest BCUT2D eigenvalue weighted by Gasteiger charge is -2.18. The Morgan fingerprint density at radius 2 is 1.71 bits per heavy atom. The molecule has 5 nitrogen and oxygen atoms in total. The summed E-state index contributed by atoms with van der Waals surface area (Å²) in [4.78, 5) is 24.0. The van der Waals surface area contributed by atoms with E-state index in [0.29, 0.717) is 17.7 Å². The molecule has 2 amide bonds. The van der Waals surface area contributed by atoms with Crippen LogP contribution in [0.3, 0.4) is 0 Å². The van der Waals surface area contributed by atoms with Crippen molar-refractivity contribution >= 4 is 23.3 Å². The summed E-state index contributed by atoms with van der Waals surface area (Å²) in [6, 6.07) is 6.86. The van der Waals surface area contributed by atoms with Gasteiger partial charge in [0.15, 0.2) is 0 Å². The first-order valence-corrected chi connectivity index (χ1v) is 8.19. The molecule has 0 aliphatic heterocycles. The molecule has 0 fully saturated rings. The van der Waals surface area contributed by atoms with Gasteiger partial charge in [-0.25, -0.2) is 0 Å². The molecule has 0 atom stereocenters. The van der Waals surface area contributed by atoms with Gasteiger partial charge in [-0.1, -0.05) is 40.7 Å². The third-order valence-corrected chi connectivity index (χ3v) is 3.47. The third kappa shape index (κ3) is 5.65. The number of hydrogen-bond acceptors (Lipinski definition) is 3. The highest BCUT2D eigenvalue weighted by atomic mass is 16.2. The summed E-state index contributed by atoms with van der Waals surface area (Å²) in [5.74, 6) is -0.265. The van der Waals surface area contributed by atoms with E-state index in [4.69, 9.17) is 5.41 Å². The first kappa shape index (κ1) is 19.6. The highest BCUT2D eigenvalue weighted by Gasteiger charge is 2.22. The van der Waals surface area contributed by atoms with Crippen LogP contribution < -0.4 is 10.6 Å². The highest BCUT2D eigenvalue weighted by Crippen LogP contribution is 2.15. The molecule has 0 aromatic heterocycles. The second kappa shape index (κ2) is 8.43. The molecule has 3 N–H and O–H groups in total. The first-order valence-electron chi connectivity index (χ1n) is 8.19. The Labute approximate surface area is 144 Å². The molecule has 0 saturated carbocycles. The Morgan fingerprint density at radius 1 is 1.12 bits per heavy atom. The lowest BCUT2D eigenvalue weighted by atomic mass is 9.95. The molecule has 0 heterocycles. The number of anilines is 1. The normalized spacial score (nSPS) is 11.8. The maximum atomic E-state index is 12.1. The van der Waals surface area contributed by atoms with Crippen LogP contribution in [0.4, 0.5) is 5.69 Å². The molecule has 1 aromatic rings. The van der Waals surface area contributed by atoms with Crippen LogP contribution in [-0.2, 0) is 9.59 Å². The summed E-state index contributed by atoms with van der Waals surface area (Å²) in [7, 11) is 0. The summed E-state index contributed by atoms with van der Waals surface area (Å²) in [5, 5.41) is 13.4. The Hall–Kier alpha value is -2.43. The smallest absolute Gasteiger partial charge is 0.251 e. The molecule has 0 saturated heterocycles. The van der Waals surface area contributed by atoms with Crippen molar-refractivity contribution < 1.29 is 9.59 Å². The van der Waals surface area contributed by atoms with E-state index in [1.807, 2.05) is 19.9 Å². The van der Waals surface area contributed by atoms with E-state index in [9.17, 15) is 9.59 Å². The zero-order chi connectivity index (χ0) is 18.3. The number of nitrogens with one attached hydrogen (secondary N) is 3. The molecule has 0 aliphatic rings. The van der Waals surface area contributed by atoms with Crippen molar-refractivity contribution in [1.29, 1.82) is 5.41 Å². The second-order valence-corrected chi connectivity index (χ2v) is 6.60. The molecule has 130 valence electrons. The first-order chi connectivity index (χ1) is 11.2. The van der Waals surface area contributed by atoms with Gasteiger partial charge in [0.25, 0.3) is 5.91 Å². The quantitative estimate of drug-likeness (QED) is 0.435. The predicted molar refractivity (Wildman–Crippen MR) is 98.2 cm³/mol. The van der Waals surface area contributed by atoms with Gasteiger partial charge in [0, 0.05) is 22.2 Å². The van der Waals surface area contributed by atoms with E-state index in [-0.39, 0.29) is 17.6 Å². The van der Waals surface area contributed by atoms with Gasteiger partial charge in [-0.2, -0.15) is 0 Å². The van der Waals surface area contributed by atoms with Crippen molar-refractivity contribution in [2.24, 2.45) is 5.41 Å². The minimum absolute atomic E-state index is 0.0490. The molecule has 24 heavy (non-hydrogen) atoms. The van der Waals surface area contributed by atoms with Crippen LogP contribution in [0.1, 0.15) is 53.0 Å². The second-order valence-electron chi connectivity index (χ2n) is 6.60. The number of amides is 2. The number of amidine groups is 1. The number of hydrogen-bond donors (Lipinski definition) is 3. The van der Waals surface area contributed by atoms with Crippen molar-refractivity contribution in [1.82, 2.24) is 5.32 Å². The van der Waals surface area contributed by atoms with Crippen LogP contribution in [0.15, 0.2) is 35.9 Å².